The first-order chi connectivity index (χ1) is 9.42. The van der Waals surface area contributed by atoms with Crippen LogP contribution in [0.1, 0.15) is 25.8 Å². The van der Waals surface area contributed by atoms with Crippen molar-refractivity contribution in [3.05, 3.63) is 29.6 Å². The Labute approximate surface area is 116 Å². The maximum absolute atomic E-state index is 13.7. The minimum Gasteiger partial charge on any atom is -0.494 e. The van der Waals surface area contributed by atoms with Crippen LogP contribution >= 0.6 is 0 Å². The molecule has 1 aliphatic heterocycles. The summed E-state index contributed by atoms with van der Waals surface area (Å²) in [6.45, 7) is 3.70. The topological polar surface area (TPSA) is 58.6 Å². The van der Waals surface area contributed by atoms with Crippen molar-refractivity contribution in [2.45, 2.75) is 32.4 Å². The van der Waals surface area contributed by atoms with Gasteiger partial charge in [-0.15, -0.1) is 0 Å². The molecule has 1 aromatic carbocycles. The first-order valence-electron chi connectivity index (χ1n) is 6.38. The number of nitrogens with zero attached hydrogens (tertiary/aromatic N) is 1. The average molecular weight is 280 g/mol. The zero-order chi connectivity index (χ0) is 14.9. The van der Waals surface area contributed by atoms with Gasteiger partial charge in [0.25, 0.3) is 5.91 Å². The lowest BCUT2D eigenvalue weighted by atomic mass is 9.97. The van der Waals surface area contributed by atoms with Gasteiger partial charge in [0, 0.05) is 6.54 Å². The number of rotatable bonds is 4. The Morgan fingerprint density at radius 2 is 2.10 bits per heavy atom. The molecule has 0 aliphatic carbocycles. The highest BCUT2D eigenvalue weighted by molar-refractivity contribution is 6.06. The van der Waals surface area contributed by atoms with Gasteiger partial charge in [-0.3, -0.25) is 10.1 Å². The highest BCUT2D eigenvalue weighted by Gasteiger charge is 2.47. The van der Waals surface area contributed by atoms with E-state index in [9.17, 15) is 14.0 Å². The second-order valence-electron chi connectivity index (χ2n) is 4.94. The molecule has 0 spiro atoms. The van der Waals surface area contributed by atoms with Crippen LogP contribution in [0.4, 0.5) is 9.18 Å². The molecular weight excluding hydrogens is 263 g/mol. The Bertz CT molecular complexity index is 561. The molecule has 5 nitrogen and oxygen atoms in total. The fourth-order valence-corrected chi connectivity index (χ4v) is 2.23. The summed E-state index contributed by atoms with van der Waals surface area (Å²) < 4.78 is 18.5. The fraction of sp³-hybridized carbons (Fsp3) is 0.429. The maximum atomic E-state index is 13.7. The lowest BCUT2D eigenvalue weighted by Gasteiger charge is -2.30. The molecule has 0 radical (unpaired) electrons. The van der Waals surface area contributed by atoms with Crippen LogP contribution in [-0.4, -0.2) is 29.5 Å². The van der Waals surface area contributed by atoms with Gasteiger partial charge in [-0.05, 0) is 31.0 Å². The number of ether oxygens (including phenoxy) is 1. The predicted octanol–water partition coefficient (Wildman–Crippen LogP) is 2.05. The molecule has 1 N–H and O–H groups in total. The van der Waals surface area contributed by atoms with Crippen LogP contribution in [-0.2, 0) is 11.3 Å². The summed E-state index contributed by atoms with van der Waals surface area (Å²) in [6, 6.07) is 4.04. The predicted molar refractivity (Wildman–Crippen MR) is 70.7 cm³/mol. The molecule has 1 fully saturated rings. The average Bonchev–Trinajstić information content (AvgIpc) is 2.63. The number of nitrogens with one attached hydrogen (secondary N) is 1. The van der Waals surface area contributed by atoms with Gasteiger partial charge in [0.2, 0.25) is 0 Å². The third kappa shape index (κ3) is 2.21. The standard InChI is InChI=1S/C14H17FN2O3/c1-4-14(2)12(18)16-13(19)17(14)8-9-5-6-11(20-3)10(15)7-9/h5-7H,4,8H2,1-3H3,(H,16,18,19). The van der Waals surface area contributed by atoms with Crippen LogP contribution < -0.4 is 10.1 Å². The van der Waals surface area contributed by atoms with E-state index in [1.807, 2.05) is 6.92 Å². The fourth-order valence-electron chi connectivity index (χ4n) is 2.23. The van der Waals surface area contributed by atoms with Gasteiger partial charge in [0.15, 0.2) is 11.6 Å². The van der Waals surface area contributed by atoms with Crippen molar-refractivity contribution in [1.82, 2.24) is 10.2 Å². The summed E-state index contributed by atoms with van der Waals surface area (Å²) in [6.07, 6.45) is 0.489. The van der Waals surface area contributed by atoms with Crippen LogP contribution in [0.2, 0.25) is 0 Å². The van der Waals surface area contributed by atoms with E-state index >= 15 is 0 Å². The number of carbonyl (C=O) groups excluding carboxylic acids is 2. The van der Waals surface area contributed by atoms with E-state index in [2.05, 4.69) is 5.32 Å². The number of hydrogen-bond acceptors (Lipinski definition) is 3. The third-order valence-electron chi connectivity index (χ3n) is 3.80. The summed E-state index contributed by atoms with van der Waals surface area (Å²) in [5.41, 5.74) is -0.291. The number of benzene rings is 1. The largest absolute Gasteiger partial charge is 0.494 e. The van der Waals surface area contributed by atoms with Crippen LogP contribution in [0, 0.1) is 5.82 Å². The van der Waals surface area contributed by atoms with Crippen molar-refractivity contribution in [1.29, 1.82) is 0 Å². The van der Waals surface area contributed by atoms with Crippen molar-refractivity contribution in [2.75, 3.05) is 7.11 Å². The van der Waals surface area contributed by atoms with Crippen LogP contribution in [0.15, 0.2) is 18.2 Å². The summed E-state index contributed by atoms with van der Waals surface area (Å²) in [4.78, 5) is 25.1. The quantitative estimate of drug-likeness (QED) is 0.859. The smallest absolute Gasteiger partial charge is 0.325 e. The Hall–Kier alpha value is -2.11. The Kier molecular flexibility index (Phi) is 3.65. The molecule has 2 rings (SSSR count). The van der Waals surface area contributed by atoms with Crippen molar-refractivity contribution in [3.63, 3.8) is 0 Å². The zero-order valence-corrected chi connectivity index (χ0v) is 11.7. The lowest BCUT2D eigenvalue weighted by Crippen LogP contribution is -2.45. The summed E-state index contributed by atoms with van der Waals surface area (Å²) in [7, 11) is 1.39. The van der Waals surface area contributed by atoms with Crippen molar-refractivity contribution < 1.29 is 18.7 Å². The number of halogens is 1. The van der Waals surface area contributed by atoms with E-state index in [1.165, 1.54) is 24.1 Å². The van der Waals surface area contributed by atoms with Gasteiger partial charge in [-0.2, -0.15) is 0 Å². The second kappa shape index (κ2) is 5.11. The SMILES string of the molecule is CCC1(C)C(=O)NC(=O)N1Cc1ccc(OC)c(F)c1. The maximum Gasteiger partial charge on any atom is 0.325 e. The zero-order valence-electron chi connectivity index (χ0n) is 11.7. The monoisotopic (exact) mass is 280 g/mol. The molecule has 20 heavy (non-hydrogen) atoms. The van der Waals surface area contributed by atoms with E-state index in [0.29, 0.717) is 12.0 Å². The van der Waals surface area contributed by atoms with Crippen molar-refractivity contribution in [2.24, 2.45) is 0 Å². The second-order valence-corrected chi connectivity index (χ2v) is 4.94. The molecule has 0 bridgehead atoms. The number of methoxy groups -OCH3 is 1. The molecule has 1 saturated heterocycles. The first-order valence-corrected chi connectivity index (χ1v) is 6.38. The van der Waals surface area contributed by atoms with Gasteiger partial charge in [-0.1, -0.05) is 13.0 Å². The normalized spacial score (nSPS) is 22.1. The Morgan fingerprint density at radius 1 is 1.40 bits per heavy atom. The Morgan fingerprint density at radius 3 is 2.65 bits per heavy atom. The molecule has 1 aromatic rings. The number of carbonyl (C=O) groups is 2. The molecule has 1 atom stereocenters. The summed E-state index contributed by atoms with van der Waals surface area (Å²) >= 11 is 0. The van der Waals surface area contributed by atoms with Crippen LogP contribution in [0.25, 0.3) is 0 Å². The van der Waals surface area contributed by atoms with Crippen molar-refractivity contribution in [3.8, 4) is 5.75 Å². The molecule has 0 aromatic heterocycles. The number of imide groups is 1. The summed E-state index contributed by atoms with van der Waals surface area (Å²) in [5.74, 6) is -0.665. The van der Waals surface area contributed by atoms with E-state index < -0.39 is 17.4 Å². The van der Waals surface area contributed by atoms with E-state index in [1.54, 1.807) is 13.0 Å². The van der Waals surface area contributed by atoms with Gasteiger partial charge < -0.3 is 9.64 Å². The molecule has 1 heterocycles. The van der Waals surface area contributed by atoms with Gasteiger partial charge in [-0.25, -0.2) is 9.18 Å². The first kappa shape index (κ1) is 14.3. The number of hydrogen-bond donors (Lipinski definition) is 1. The van der Waals surface area contributed by atoms with Crippen molar-refractivity contribution >= 4 is 11.9 Å². The molecule has 1 aliphatic rings. The van der Waals surface area contributed by atoms with Crippen LogP contribution in [0.5, 0.6) is 5.75 Å². The number of amides is 3. The highest BCUT2D eigenvalue weighted by Crippen LogP contribution is 2.28. The van der Waals surface area contributed by atoms with Gasteiger partial charge in [0.05, 0.1) is 7.11 Å². The van der Waals surface area contributed by atoms with Gasteiger partial charge in [0.1, 0.15) is 5.54 Å². The minimum atomic E-state index is -0.895. The molecule has 1 unspecified atom stereocenters. The van der Waals surface area contributed by atoms with Gasteiger partial charge >= 0.3 is 6.03 Å². The Balaban J connectivity index is 2.26. The summed E-state index contributed by atoms with van der Waals surface area (Å²) in [5, 5.41) is 2.30. The van der Waals surface area contributed by atoms with E-state index in [0.717, 1.165) is 0 Å². The van der Waals surface area contributed by atoms with E-state index in [-0.39, 0.29) is 18.2 Å². The minimum absolute atomic E-state index is 0.147. The molecular formula is C14H17FN2O3. The van der Waals surface area contributed by atoms with E-state index in [4.69, 9.17) is 4.74 Å². The van der Waals surface area contributed by atoms with Crippen LogP contribution in [0.3, 0.4) is 0 Å². The molecule has 0 saturated carbocycles. The molecule has 108 valence electrons. The highest BCUT2D eigenvalue weighted by atomic mass is 19.1. The number of urea groups is 1. The third-order valence-corrected chi connectivity index (χ3v) is 3.80. The molecule has 6 heteroatoms. The lowest BCUT2D eigenvalue weighted by molar-refractivity contribution is -0.126. The molecule has 3 amide bonds.